The van der Waals surface area contributed by atoms with Gasteiger partial charge in [0.05, 0.1) is 11.3 Å². The summed E-state index contributed by atoms with van der Waals surface area (Å²) in [6.45, 7) is 9.39. The largest absolute Gasteiger partial charge is 0.411 e. The summed E-state index contributed by atoms with van der Waals surface area (Å²) < 4.78 is 0. The third kappa shape index (κ3) is 1.97. The van der Waals surface area contributed by atoms with Crippen LogP contribution in [0.4, 0.5) is 0 Å². The lowest BCUT2D eigenvalue weighted by molar-refractivity contribution is -0.151. The van der Waals surface area contributed by atoms with Crippen LogP contribution in [0.2, 0.25) is 0 Å². The van der Waals surface area contributed by atoms with Crippen LogP contribution in [0.1, 0.15) is 79.1 Å². The minimum absolute atomic E-state index is 0.118. The Balaban J connectivity index is 1.67. The minimum Gasteiger partial charge on any atom is -0.411 e. The highest BCUT2D eigenvalue weighted by atomic mass is 16.4. The van der Waals surface area contributed by atoms with Gasteiger partial charge >= 0.3 is 0 Å². The van der Waals surface area contributed by atoms with Gasteiger partial charge in [0.2, 0.25) is 0 Å². The maximum Gasteiger partial charge on any atom is 0.0675 e. The molecule has 0 aliphatic heterocycles. The molecular formula is C21H35NO2. The Morgan fingerprint density at radius 3 is 2.38 bits per heavy atom. The topological polar surface area (TPSA) is 52.8 Å². The van der Waals surface area contributed by atoms with E-state index in [1.54, 1.807) is 0 Å². The maximum atomic E-state index is 11.0. The van der Waals surface area contributed by atoms with Crippen LogP contribution in [0.25, 0.3) is 0 Å². The molecule has 3 unspecified atom stereocenters. The first-order chi connectivity index (χ1) is 11.2. The summed E-state index contributed by atoms with van der Waals surface area (Å²) in [4.78, 5) is 0. The van der Waals surface area contributed by atoms with Crippen LogP contribution in [0.3, 0.4) is 0 Å². The highest BCUT2D eigenvalue weighted by Gasteiger charge is 2.64. The molecule has 0 aromatic heterocycles. The van der Waals surface area contributed by atoms with Gasteiger partial charge in [-0.2, -0.15) is 0 Å². The number of oxime groups is 1. The van der Waals surface area contributed by atoms with E-state index in [2.05, 4.69) is 32.9 Å². The molecule has 3 nitrogen and oxygen atoms in total. The fraction of sp³-hybridized carbons (Fsp3) is 0.952. The van der Waals surface area contributed by atoms with Crippen molar-refractivity contribution in [3.8, 4) is 0 Å². The van der Waals surface area contributed by atoms with Gasteiger partial charge in [0.1, 0.15) is 0 Å². The summed E-state index contributed by atoms with van der Waals surface area (Å²) in [6.07, 6.45) is 9.20. The molecule has 0 bridgehead atoms. The van der Waals surface area contributed by atoms with Gasteiger partial charge in [0.15, 0.2) is 0 Å². The fourth-order valence-electron chi connectivity index (χ4n) is 7.83. The lowest BCUT2D eigenvalue weighted by Crippen LogP contribution is -2.58. The molecule has 0 heterocycles. The number of hydrogen-bond acceptors (Lipinski definition) is 3. The predicted octanol–water partition coefficient (Wildman–Crippen LogP) is 4.86. The first-order valence-electron chi connectivity index (χ1n) is 10.2. The van der Waals surface area contributed by atoms with Crippen LogP contribution in [-0.4, -0.2) is 21.6 Å². The molecule has 3 heteroatoms. The van der Waals surface area contributed by atoms with E-state index in [0.717, 1.165) is 36.8 Å². The molecule has 8 atom stereocenters. The summed E-state index contributed by atoms with van der Waals surface area (Å²) in [5, 5.41) is 23.9. The molecule has 0 saturated heterocycles. The second kappa shape index (κ2) is 5.22. The molecule has 0 spiro atoms. The molecule has 0 aromatic rings. The highest BCUT2D eigenvalue weighted by molar-refractivity contribution is 5.85. The molecule has 2 N–H and O–H groups in total. The standard InChI is InChI=1S/C21H35NO2/c1-13-11-15(22-24)12-14-5-6-16-17-8-10-20(3,23)19(17,2)9-7-18(16)21(13,14)4/h13-14,16-18,23-24H,5-12H2,1-4H3/b22-15+/t13?,14?,16-,17-,18+,19-,20?,21-/m0/s1. The Hall–Kier alpha value is -0.570. The first kappa shape index (κ1) is 16.9. The van der Waals surface area contributed by atoms with Crippen LogP contribution < -0.4 is 0 Å². The predicted molar refractivity (Wildman–Crippen MR) is 96.1 cm³/mol. The zero-order valence-corrected chi connectivity index (χ0v) is 15.9. The smallest absolute Gasteiger partial charge is 0.0675 e. The van der Waals surface area contributed by atoms with Crippen LogP contribution >= 0.6 is 0 Å². The lowest BCUT2D eigenvalue weighted by Gasteiger charge is -2.62. The number of hydrogen-bond donors (Lipinski definition) is 2. The molecule has 4 saturated carbocycles. The zero-order valence-electron chi connectivity index (χ0n) is 15.9. The van der Waals surface area contributed by atoms with E-state index < -0.39 is 5.60 Å². The quantitative estimate of drug-likeness (QED) is 0.491. The average Bonchev–Trinajstić information content (AvgIpc) is 2.78. The van der Waals surface area contributed by atoms with Crippen molar-refractivity contribution in [2.75, 3.05) is 0 Å². The maximum absolute atomic E-state index is 11.0. The van der Waals surface area contributed by atoms with E-state index in [9.17, 15) is 10.3 Å². The first-order valence-corrected chi connectivity index (χ1v) is 10.2. The summed E-state index contributed by atoms with van der Waals surface area (Å²) in [5.41, 5.74) is 1.04. The molecule has 4 aliphatic rings. The monoisotopic (exact) mass is 333 g/mol. The number of aliphatic hydroxyl groups is 1. The fourth-order valence-corrected chi connectivity index (χ4v) is 7.83. The van der Waals surface area contributed by atoms with E-state index >= 15 is 0 Å². The second-order valence-corrected chi connectivity index (χ2v) is 10.3. The highest BCUT2D eigenvalue weighted by Crippen LogP contribution is 2.68. The molecule has 0 amide bonds. The second-order valence-electron chi connectivity index (χ2n) is 10.3. The normalized spacial score (nSPS) is 58.9. The van der Waals surface area contributed by atoms with E-state index in [1.807, 2.05) is 0 Å². The lowest BCUT2D eigenvalue weighted by atomic mass is 9.42. The van der Waals surface area contributed by atoms with Crippen molar-refractivity contribution in [2.24, 2.45) is 45.6 Å². The van der Waals surface area contributed by atoms with Gasteiger partial charge in [-0.25, -0.2) is 0 Å². The van der Waals surface area contributed by atoms with Crippen LogP contribution in [0, 0.1) is 40.4 Å². The van der Waals surface area contributed by atoms with E-state index in [-0.39, 0.29) is 5.41 Å². The van der Waals surface area contributed by atoms with Gasteiger partial charge in [0, 0.05) is 0 Å². The van der Waals surface area contributed by atoms with Crippen molar-refractivity contribution < 1.29 is 10.3 Å². The van der Waals surface area contributed by atoms with Crippen molar-refractivity contribution in [3.63, 3.8) is 0 Å². The number of nitrogens with zero attached hydrogens (tertiary/aromatic N) is 1. The molecule has 136 valence electrons. The molecule has 4 rings (SSSR count). The van der Waals surface area contributed by atoms with Crippen LogP contribution in [0.15, 0.2) is 5.16 Å². The van der Waals surface area contributed by atoms with Crippen molar-refractivity contribution in [3.05, 3.63) is 0 Å². The Kier molecular flexibility index (Phi) is 3.67. The molecular weight excluding hydrogens is 298 g/mol. The molecule has 0 aromatic carbocycles. The Bertz CT molecular complexity index is 556. The van der Waals surface area contributed by atoms with Gasteiger partial charge in [-0.3, -0.25) is 0 Å². The van der Waals surface area contributed by atoms with Gasteiger partial charge in [-0.15, -0.1) is 0 Å². The summed E-state index contributed by atoms with van der Waals surface area (Å²) in [5.74, 6) is 3.55. The zero-order chi connectivity index (χ0) is 17.3. The third-order valence-corrected chi connectivity index (χ3v) is 9.75. The van der Waals surface area contributed by atoms with Crippen molar-refractivity contribution in [2.45, 2.75) is 84.7 Å². The Labute approximate surface area is 146 Å². The van der Waals surface area contributed by atoms with Crippen LogP contribution in [-0.2, 0) is 0 Å². The van der Waals surface area contributed by atoms with Gasteiger partial charge in [-0.1, -0.05) is 25.9 Å². The van der Waals surface area contributed by atoms with Crippen LogP contribution in [0.5, 0.6) is 0 Å². The SMILES string of the molecule is CC1C/C(=N\O)CC2CC[C@@H]3[C@@H](CC[C@@]4(C)[C@H]3CCC4(C)O)[C@@]12C. The summed E-state index contributed by atoms with van der Waals surface area (Å²) in [7, 11) is 0. The molecule has 4 aliphatic carbocycles. The van der Waals surface area contributed by atoms with Gasteiger partial charge < -0.3 is 10.3 Å². The summed E-state index contributed by atoms with van der Waals surface area (Å²) in [6, 6.07) is 0. The molecule has 4 fully saturated rings. The number of fused-ring (bicyclic) bond motifs is 5. The van der Waals surface area contributed by atoms with E-state index in [4.69, 9.17) is 0 Å². The van der Waals surface area contributed by atoms with Gasteiger partial charge in [-0.05, 0) is 98.7 Å². The van der Waals surface area contributed by atoms with Crippen molar-refractivity contribution in [1.82, 2.24) is 0 Å². The summed E-state index contributed by atoms with van der Waals surface area (Å²) >= 11 is 0. The van der Waals surface area contributed by atoms with E-state index in [0.29, 0.717) is 23.2 Å². The minimum atomic E-state index is -0.477. The van der Waals surface area contributed by atoms with Crippen molar-refractivity contribution in [1.29, 1.82) is 0 Å². The van der Waals surface area contributed by atoms with Crippen molar-refractivity contribution >= 4 is 5.71 Å². The third-order valence-electron chi connectivity index (χ3n) is 9.75. The molecule has 24 heavy (non-hydrogen) atoms. The Morgan fingerprint density at radius 2 is 1.67 bits per heavy atom. The Morgan fingerprint density at radius 1 is 0.958 bits per heavy atom. The van der Waals surface area contributed by atoms with Gasteiger partial charge in [0.25, 0.3) is 0 Å². The molecule has 0 radical (unpaired) electrons. The number of rotatable bonds is 0. The van der Waals surface area contributed by atoms with E-state index in [1.165, 1.54) is 32.1 Å². The average molecular weight is 334 g/mol.